The second-order valence-corrected chi connectivity index (χ2v) is 15.6. The molecule has 5 heteroatoms. The van der Waals surface area contributed by atoms with Gasteiger partial charge in [-0.2, -0.15) is 0 Å². The van der Waals surface area contributed by atoms with Gasteiger partial charge in [0.15, 0.2) is 0 Å². The van der Waals surface area contributed by atoms with Gasteiger partial charge in [0.25, 0.3) is 0 Å². The lowest BCUT2D eigenvalue weighted by molar-refractivity contribution is 0.991. The smallest absolute Gasteiger partial charge is 0.137 e. The molecule has 0 saturated carbocycles. The molecule has 0 saturated heterocycles. The molecule has 0 radical (unpaired) electrons. The maximum Gasteiger partial charge on any atom is 0.137 e. The summed E-state index contributed by atoms with van der Waals surface area (Å²) in [6.07, 6.45) is 1.86. The summed E-state index contributed by atoms with van der Waals surface area (Å²) in [4.78, 5) is 12.1. The summed E-state index contributed by atoms with van der Waals surface area (Å²) in [7, 11) is 0. The summed E-state index contributed by atoms with van der Waals surface area (Å²) in [5.74, 6) is 0.918. The minimum atomic E-state index is 0.664. The Morgan fingerprint density at radius 2 is 1.11 bits per heavy atom. The number of benzene rings is 8. The molecule has 0 unspecified atom stereocenters. The second-order valence-electron chi connectivity index (χ2n) is 14.4. The molecule has 1 aliphatic rings. The third-order valence-electron chi connectivity index (χ3n) is 11.1. The van der Waals surface area contributed by atoms with Gasteiger partial charge in [-0.15, -0.1) is 0 Å². The third kappa shape index (κ3) is 5.74. The van der Waals surface area contributed by atoms with Crippen LogP contribution >= 0.6 is 11.8 Å². The van der Waals surface area contributed by atoms with Crippen molar-refractivity contribution in [2.75, 3.05) is 16.5 Å². The van der Waals surface area contributed by atoms with E-state index in [2.05, 4.69) is 208 Å². The van der Waals surface area contributed by atoms with Gasteiger partial charge in [0.2, 0.25) is 0 Å². The van der Waals surface area contributed by atoms with Crippen LogP contribution in [0.3, 0.4) is 0 Å². The molecule has 0 N–H and O–H groups in total. The van der Waals surface area contributed by atoms with Crippen molar-refractivity contribution in [1.82, 2.24) is 9.55 Å². The Bertz CT molecular complexity index is 3030. The molecule has 0 atom stereocenters. The molecule has 11 rings (SSSR count). The third-order valence-corrected chi connectivity index (χ3v) is 12.1. The Morgan fingerprint density at radius 3 is 1.88 bits per heavy atom. The highest BCUT2D eigenvalue weighted by atomic mass is 32.2. The van der Waals surface area contributed by atoms with Gasteiger partial charge >= 0.3 is 0 Å². The SMILES string of the molecule is c1ccc(-c2cccc(-c3ccccc3)c2N2CN(c3cccc(Sc4ccc5c6ccccc6n(-c6ccccn6)c5c4)c3)c3ccc4ccccc4c32)cc1. The van der Waals surface area contributed by atoms with Crippen molar-refractivity contribution in [2.24, 2.45) is 0 Å². The van der Waals surface area contributed by atoms with Crippen LogP contribution in [0.1, 0.15) is 0 Å². The fourth-order valence-corrected chi connectivity index (χ4v) is 9.48. The first kappa shape index (κ1) is 33.3. The molecular formula is C52H36N4S. The van der Waals surface area contributed by atoms with E-state index in [1.807, 2.05) is 12.3 Å². The van der Waals surface area contributed by atoms with Crippen LogP contribution in [0, 0.1) is 0 Å². The molecule has 0 aliphatic carbocycles. The van der Waals surface area contributed by atoms with Crippen LogP contribution in [0.5, 0.6) is 0 Å². The Kier molecular flexibility index (Phi) is 8.11. The molecule has 8 aromatic carbocycles. The van der Waals surface area contributed by atoms with Crippen LogP contribution in [0.4, 0.5) is 22.7 Å². The van der Waals surface area contributed by atoms with E-state index in [0.717, 1.165) is 22.5 Å². The van der Waals surface area contributed by atoms with Gasteiger partial charge < -0.3 is 9.80 Å². The molecule has 10 aromatic rings. The molecule has 4 nitrogen and oxygen atoms in total. The fraction of sp³-hybridized carbons (Fsp3) is 0.0192. The molecule has 0 spiro atoms. The van der Waals surface area contributed by atoms with Crippen molar-refractivity contribution in [1.29, 1.82) is 0 Å². The first-order chi connectivity index (χ1) is 28.3. The summed E-state index contributed by atoms with van der Waals surface area (Å²) in [6.45, 7) is 0.664. The van der Waals surface area contributed by atoms with E-state index in [4.69, 9.17) is 4.98 Å². The lowest BCUT2D eigenvalue weighted by atomic mass is 9.94. The van der Waals surface area contributed by atoms with Crippen molar-refractivity contribution in [3.8, 4) is 28.1 Å². The highest BCUT2D eigenvalue weighted by molar-refractivity contribution is 7.99. The van der Waals surface area contributed by atoms with Gasteiger partial charge in [-0.25, -0.2) is 4.98 Å². The zero-order chi connectivity index (χ0) is 37.7. The van der Waals surface area contributed by atoms with Crippen molar-refractivity contribution >= 4 is 67.1 Å². The number of nitrogens with zero attached hydrogens (tertiary/aromatic N) is 4. The second kappa shape index (κ2) is 13.9. The molecule has 0 bridgehead atoms. The van der Waals surface area contributed by atoms with Gasteiger partial charge in [-0.05, 0) is 71.1 Å². The summed E-state index contributed by atoms with van der Waals surface area (Å²) in [5, 5.41) is 4.91. The Labute approximate surface area is 335 Å². The Morgan fingerprint density at radius 1 is 0.439 bits per heavy atom. The van der Waals surface area contributed by atoms with E-state index in [-0.39, 0.29) is 0 Å². The van der Waals surface area contributed by atoms with Crippen LogP contribution in [-0.4, -0.2) is 16.2 Å². The first-order valence-corrected chi connectivity index (χ1v) is 20.1. The van der Waals surface area contributed by atoms with E-state index in [1.165, 1.54) is 70.7 Å². The highest BCUT2D eigenvalue weighted by Gasteiger charge is 2.33. The number of anilines is 4. The molecule has 1 aliphatic heterocycles. The lowest BCUT2D eigenvalue weighted by Gasteiger charge is -2.27. The molecule has 57 heavy (non-hydrogen) atoms. The van der Waals surface area contributed by atoms with Crippen molar-refractivity contribution in [3.05, 3.63) is 206 Å². The van der Waals surface area contributed by atoms with Crippen LogP contribution in [0.15, 0.2) is 216 Å². The van der Waals surface area contributed by atoms with E-state index in [9.17, 15) is 0 Å². The molecule has 3 heterocycles. The minimum absolute atomic E-state index is 0.664. The molecule has 2 aromatic heterocycles. The van der Waals surface area contributed by atoms with Crippen LogP contribution in [0.2, 0.25) is 0 Å². The quantitative estimate of drug-likeness (QED) is 0.162. The maximum absolute atomic E-state index is 4.75. The monoisotopic (exact) mass is 748 g/mol. The number of hydrogen-bond donors (Lipinski definition) is 0. The minimum Gasteiger partial charge on any atom is -0.321 e. The summed E-state index contributed by atoms with van der Waals surface area (Å²) < 4.78 is 2.28. The lowest BCUT2D eigenvalue weighted by Crippen LogP contribution is -2.25. The number of para-hydroxylation sites is 2. The zero-order valence-corrected chi connectivity index (χ0v) is 31.9. The van der Waals surface area contributed by atoms with Crippen LogP contribution in [-0.2, 0) is 0 Å². The van der Waals surface area contributed by atoms with Gasteiger partial charge in [0.05, 0.1) is 28.1 Å². The van der Waals surface area contributed by atoms with E-state index < -0.39 is 0 Å². The van der Waals surface area contributed by atoms with Crippen molar-refractivity contribution in [3.63, 3.8) is 0 Å². The van der Waals surface area contributed by atoms with Crippen LogP contribution in [0.25, 0.3) is 60.6 Å². The molecule has 0 fully saturated rings. The molecule has 0 amide bonds. The van der Waals surface area contributed by atoms with Gasteiger partial charge in [-0.3, -0.25) is 4.57 Å². The normalized spacial score (nSPS) is 12.5. The molecule has 270 valence electrons. The largest absolute Gasteiger partial charge is 0.321 e. The summed E-state index contributed by atoms with van der Waals surface area (Å²) >= 11 is 1.80. The number of aromatic nitrogens is 2. The Balaban J connectivity index is 1.03. The van der Waals surface area contributed by atoms with Crippen molar-refractivity contribution < 1.29 is 0 Å². The van der Waals surface area contributed by atoms with Gasteiger partial charge in [-0.1, -0.05) is 157 Å². The number of fused-ring (bicyclic) bond motifs is 6. The maximum atomic E-state index is 4.75. The van der Waals surface area contributed by atoms with Gasteiger partial charge in [0, 0.05) is 49.0 Å². The van der Waals surface area contributed by atoms with E-state index in [0.29, 0.717) is 6.67 Å². The number of rotatable bonds is 7. The molecular weight excluding hydrogens is 713 g/mol. The van der Waals surface area contributed by atoms with E-state index in [1.54, 1.807) is 11.8 Å². The number of hydrogen-bond acceptors (Lipinski definition) is 4. The Hall–Kier alpha value is -7.08. The topological polar surface area (TPSA) is 24.3 Å². The fourth-order valence-electron chi connectivity index (χ4n) is 8.57. The standard InChI is InChI=1S/C52H36N4S/c1-3-15-36(16-4-1)42-24-14-25-43(37-17-5-2-6-18-37)51(42)55-35-54(48-31-28-38-19-7-8-22-44(38)52(48)55)39-20-13-21-40(33-39)57-41-29-30-46-45-23-9-10-26-47(45)56(49(46)34-41)50-27-11-12-32-53-50/h1-34H,35H2. The highest BCUT2D eigenvalue weighted by Crippen LogP contribution is 2.53. The average molecular weight is 749 g/mol. The number of pyridine rings is 1. The van der Waals surface area contributed by atoms with Crippen molar-refractivity contribution in [2.45, 2.75) is 9.79 Å². The average Bonchev–Trinajstić information content (AvgIpc) is 3.83. The zero-order valence-electron chi connectivity index (χ0n) is 31.0. The predicted octanol–water partition coefficient (Wildman–Crippen LogP) is 14.1. The van der Waals surface area contributed by atoms with E-state index >= 15 is 0 Å². The predicted molar refractivity (Wildman–Crippen MR) is 240 cm³/mol. The summed E-state index contributed by atoms with van der Waals surface area (Å²) in [5.41, 5.74) is 11.9. The van der Waals surface area contributed by atoms with Gasteiger partial charge in [0.1, 0.15) is 12.5 Å². The van der Waals surface area contributed by atoms with Crippen LogP contribution < -0.4 is 9.80 Å². The first-order valence-electron chi connectivity index (χ1n) is 19.3. The summed E-state index contributed by atoms with van der Waals surface area (Å²) in [6, 6.07) is 72.2.